The quantitative estimate of drug-likeness (QED) is 0.811. The Balaban J connectivity index is 2.63. The van der Waals surface area contributed by atoms with Crippen LogP contribution in [0.2, 0.25) is 0 Å². The van der Waals surface area contributed by atoms with Gasteiger partial charge in [-0.2, -0.15) is 13.2 Å². The maximum Gasteiger partial charge on any atom is 0.416 e. The van der Waals surface area contributed by atoms with Gasteiger partial charge in [0.25, 0.3) is 0 Å². The van der Waals surface area contributed by atoms with E-state index in [4.69, 9.17) is 9.47 Å². The molecule has 3 nitrogen and oxygen atoms in total. The van der Waals surface area contributed by atoms with Gasteiger partial charge in [0, 0.05) is 5.56 Å². The second-order valence-corrected chi connectivity index (χ2v) is 3.43. The van der Waals surface area contributed by atoms with Gasteiger partial charge in [-0.25, -0.2) is 0 Å². The zero-order valence-corrected chi connectivity index (χ0v) is 8.34. The average Bonchev–Trinajstić information content (AvgIpc) is 2.61. The molecule has 1 unspecified atom stereocenters. The number of aliphatic hydroxyl groups is 1. The van der Waals surface area contributed by atoms with E-state index in [0.717, 1.165) is 6.07 Å². The van der Waals surface area contributed by atoms with E-state index >= 15 is 0 Å². The molecule has 0 saturated heterocycles. The number of alkyl halides is 3. The highest BCUT2D eigenvalue weighted by Gasteiger charge is 2.38. The molecule has 1 N–H and O–H groups in total. The molecule has 1 aliphatic heterocycles. The van der Waals surface area contributed by atoms with E-state index in [1.165, 1.54) is 13.0 Å². The summed E-state index contributed by atoms with van der Waals surface area (Å²) in [4.78, 5) is 0. The van der Waals surface area contributed by atoms with E-state index in [2.05, 4.69) is 0 Å². The number of hydrogen-bond donors (Lipinski definition) is 1. The average molecular weight is 234 g/mol. The van der Waals surface area contributed by atoms with Gasteiger partial charge < -0.3 is 14.6 Å². The zero-order valence-electron chi connectivity index (χ0n) is 8.34. The summed E-state index contributed by atoms with van der Waals surface area (Å²) in [6.45, 7) is 1.13. The lowest BCUT2D eigenvalue weighted by Crippen LogP contribution is -2.11. The molecule has 6 heteroatoms. The van der Waals surface area contributed by atoms with Crippen molar-refractivity contribution in [2.75, 3.05) is 6.79 Å². The first kappa shape index (κ1) is 11.1. The molecule has 0 aromatic heterocycles. The maximum atomic E-state index is 12.7. The van der Waals surface area contributed by atoms with Crippen LogP contribution in [0.15, 0.2) is 12.1 Å². The molecule has 1 aromatic rings. The Morgan fingerprint density at radius 2 is 2.00 bits per heavy atom. The standard InChI is InChI=1S/C10H9F3O3/c1-5(14)8-6(10(11,12)13)2-3-7-9(8)16-4-15-7/h2-3,5,14H,4H2,1H3. The van der Waals surface area contributed by atoms with Crippen molar-refractivity contribution in [3.8, 4) is 11.5 Å². The number of ether oxygens (including phenoxy) is 2. The Bertz CT molecular complexity index is 413. The largest absolute Gasteiger partial charge is 0.454 e. The topological polar surface area (TPSA) is 38.7 Å². The van der Waals surface area contributed by atoms with Crippen LogP contribution >= 0.6 is 0 Å². The summed E-state index contributed by atoms with van der Waals surface area (Å²) < 4.78 is 47.9. The third-order valence-corrected chi connectivity index (χ3v) is 2.30. The number of halogens is 3. The highest BCUT2D eigenvalue weighted by molar-refractivity contribution is 5.53. The van der Waals surface area contributed by atoms with Crippen LogP contribution in [0.4, 0.5) is 13.2 Å². The molecule has 0 aliphatic carbocycles. The molecule has 0 spiro atoms. The van der Waals surface area contributed by atoms with E-state index in [0.29, 0.717) is 0 Å². The first-order valence-corrected chi connectivity index (χ1v) is 4.59. The monoisotopic (exact) mass is 234 g/mol. The molecule has 1 aromatic carbocycles. The van der Waals surface area contributed by atoms with Crippen molar-refractivity contribution in [2.24, 2.45) is 0 Å². The Kier molecular flexibility index (Phi) is 2.46. The summed E-state index contributed by atoms with van der Waals surface area (Å²) in [5, 5.41) is 9.40. The van der Waals surface area contributed by atoms with E-state index in [1.54, 1.807) is 0 Å². The fourth-order valence-electron chi connectivity index (χ4n) is 1.66. The van der Waals surface area contributed by atoms with Crippen LogP contribution in [0.1, 0.15) is 24.2 Å². The Labute approximate surface area is 89.4 Å². The van der Waals surface area contributed by atoms with Crippen LogP contribution in [0.5, 0.6) is 11.5 Å². The predicted molar refractivity (Wildman–Crippen MR) is 48.2 cm³/mol. The smallest absolute Gasteiger partial charge is 0.416 e. The summed E-state index contributed by atoms with van der Waals surface area (Å²) in [6.07, 6.45) is -5.79. The van der Waals surface area contributed by atoms with Crippen molar-refractivity contribution in [1.82, 2.24) is 0 Å². The lowest BCUT2D eigenvalue weighted by atomic mass is 10.0. The van der Waals surface area contributed by atoms with Crippen LogP contribution in [0.3, 0.4) is 0 Å². The molecule has 0 fully saturated rings. The molecular weight excluding hydrogens is 225 g/mol. The van der Waals surface area contributed by atoms with Crippen molar-refractivity contribution in [3.05, 3.63) is 23.3 Å². The van der Waals surface area contributed by atoms with Crippen LogP contribution in [0.25, 0.3) is 0 Å². The fourth-order valence-corrected chi connectivity index (χ4v) is 1.66. The molecule has 16 heavy (non-hydrogen) atoms. The van der Waals surface area contributed by atoms with Crippen molar-refractivity contribution in [2.45, 2.75) is 19.2 Å². The van der Waals surface area contributed by atoms with E-state index in [1.807, 2.05) is 0 Å². The molecule has 1 atom stereocenters. The highest BCUT2D eigenvalue weighted by Crippen LogP contribution is 2.45. The van der Waals surface area contributed by atoms with Gasteiger partial charge in [-0.1, -0.05) is 0 Å². The third kappa shape index (κ3) is 1.69. The minimum atomic E-state index is -4.52. The number of fused-ring (bicyclic) bond motifs is 1. The van der Waals surface area contributed by atoms with Gasteiger partial charge in [0.15, 0.2) is 11.5 Å². The van der Waals surface area contributed by atoms with Gasteiger partial charge in [-0.05, 0) is 19.1 Å². The Hall–Kier alpha value is -1.43. The van der Waals surface area contributed by atoms with Crippen molar-refractivity contribution < 1.29 is 27.8 Å². The zero-order chi connectivity index (χ0) is 11.9. The SMILES string of the molecule is CC(O)c1c(C(F)(F)F)ccc2c1OCO2. The lowest BCUT2D eigenvalue weighted by molar-refractivity contribution is -0.139. The molecule has 1 aliphatic rings. The van der Waals surface area contributed by atoms with Crippen molar-refractivity contribution in [1.29, 1.82) is 0 Å². The maximum absolute atomic E-state index is 12.7. The molecule has 0 amide bonds. The van der Waals surface area contributed by atoms with Gasteiger partial charge in [0.1, 0.15) is 0 Å². The van der Waals surface area contributed by atoms with Crippen molar-refractivity contribution in [3.63, 3.8) is 0 Å². The number of benzene rings is 1. The predicted octanol–water partition coefficient (Wildman–Crippen LogP) is 2.49. The number of hydrogen-bond acceptors (Lipinski definition) is 3. The molecule has 1 heterocycles. The molecule has 0 saturated carbocycles. The van der Waals surface area contributed by atoms with Gasteiger partial charge >= 0.3 is 6.18 Å². The molecule has 0 bridgehead atoms. The molecule has 88 valence electrons. The molecule has 0 radical (unpaired) electrons. The first-order chi connectivity index (χ1) is 7.41. The summed E-state index contributed by atoms with van der Waals surface area (Å²) >= 11 is 0. The molecular formula is C10H9F3O3. The highest BCUT2D eigenvalue weighted by atomic mass is 19.4. The minimum absolute atomic E-state index is 0.0233. The first-order valence-electron chi connectivity index (χ1n) is 4.59. The Morgan fingerprint density at radius 1 is 1.31 bits per heavy atom. The van der Waals surface area contributed by atoms with E-state index < -0.39 is 17.8 Å². The van der Waals surface area contributed by atoms with Crippen LogP contribution in [0, 0.1) is 0 Å². The summed E-state index contributed by atoms with van der Waals surface area (Å²) in [5.74, 6) is 0.203. The van der Waals surface area contributed by atoms with Gasteiger partial charge in [-0.3, -0.25) is 0 Å². The normalized spacial score (nSPS) is 16.3. The van der Waals surface area contributed by atoms with Gasteiger partial charge in [0.05, 0.1) is 11.7 Å². The van der Waals surface area contributed by atoms with Crippen LogP contribution in [-0.2, 0) is 6.18 Å². The Morgan fingerprint density at radius 3 is 2.56 bits per heavy atom. The number of rotatable bonds is 1. The molecule has 2 rings (SSSR count). The summed E-state index contributed by atoms with van der Waals surface area (Å²) in [6, 6.07) is 2.08. The minimum Gasteiger partial charge on any atom is -0.454 e. The van der Waals surface area contributed by atoms with E-state index in [-0.39, 0.29) is 23.9 Å². The lowest BCUT2D eigenvalue weighted by Gasteiger charge is -2.16. The fraction of sp³-hybridized carbons (Fsp3) is 0.400. The second-order valence-electron chi connectivity index (χ2n) is 3.43. The van der Waals surface area contributed by atoms with Crippen LogP contribution < -0.4 is 9.47 Å². The van der Waals surface area contributed by atoms with Crippen molar-refractivity contribution >= 4 is 0 Å². The number of aliphatic hydroxyl groups excluding tert-OH is 1. The van der Waals surface area contributed by atoms with Gasteiger partial charge in [-0.15, -0.1) is 0 Å². The second kappa shape index (κ2) is 3.55. The van der Waals surface area contributed by atoms with Gasteiger partial charge in [0.2, 0.25) is 6.79 Å². The third-order valence-electron chi connectivity index (χ3n) is 2.30. The van der Waals surface area contributed by atoms with Crippen LogP contribution in [-0.4, -0.2) is 11.9 Å². The summed E-state index contributed by atoms with van der Waals surface area (Å²) in [7, 11) is 0. The summed E-state index contributed by atoms with van der Waals surface area (Å²) in [5.41, 5.74) is -1.17. The van der Waals surface area contributed by atoms with E-state index in [9.17, 15) is 18.3 Å².